The van der Waals surface area contributed by atoms with Crippen LogP contribution in [-0.2, 0) is 14.8 Å². The summed E-state index contributed by atoms with van der Waals surface area (Å²) in [6.45, 7) is 5.40. The molecular formula is C12H24N2O4S. The summed E-state index contributed by atoms with van der Waals surface area (Å²) >= 11 is 0. The Bertz CT molecular complexity index is 431. The van der Waals surface area contributed by atoms with Gasteiger partial charge in [-0.05, 0) is 33.6 Å². The number of aliphatic hydroxyl groups is 1. The lowest BCUT2D eigenvalue weighted by Gasteiger charge is -2.36. The van der Waals surface area contributed by atoms with Gasteiger partial charge in [-0.3, -0.25) is 4.79 Å². The van der Waals surface area contributed by atoms with Crippen LogP contribution in [0.25, 0.3) is 0 Å². The quantitative estimate of drug-likeness (QED) is 0.768. The van der Waals surface area contributed by atoms with Crippen molar-refractivity contribution < 1.29 is 18.3 Å². The Morgan fingerprint density at radius 2 is 2.00 bits per heavy atom. The molecule has 7 heteroatoms. The Kier molecular flexibility index (Phi) is 4.97. The smallest absolute Gasteiger partial charge is 0.238 e. The van der Waals surface area contributed by atoms with Gasteiger partial charge in [0.15, 0.2) is 0 Å². The molecular weight excluding hydrogens is 268 g/mol. The summed E-state index contributed by atoms with van der Waals surface area (Å²) in [6, 6.07) is -0.665. The highest BCUT2D eigenvalue weighted by Crippen LogP contribution is 2.21. The number of nitrogens with one attached hydrogen (secondary N) is 1. The van der Waals surface area contributed by atoms with Crippen LogP contribution in [0, 0.1) is 0 Å². The molecule has 0 aromatic rings. The second-order valence-electron chi connectivity index (χ2n) is 5.77. The maximum Gasteiger partial charge on any atom is 0.238 e. The Balaban J connectivity index is 2.85. The zero-order valence-electron chi connectivity index (χ0n) is 12.0. The Hall–Kier alpha value is -0.660. The molecule has 1 rings (SSSR count). The molecule has 0 bridgehead atoms. The van der Waals surface area contributed by atoms with Crippen molar-refractivity contribution in [3.63, 3.8) is 0 Å². The van der Waals surface area contributed by atoms with Gasteiger partial charge in [0.25, 0.3) is 0 Å². The molecule has 0 aliphatic carbocycles. The number of hydrogen-bond acceptors (Lipinski definition) is 4. The van der Waals surface area contributed by atoms with E-state index in [-0.39, 0.29) is 5.91 Å². The third kappa shape index (κ3) is 4.15. The minimum absolute atomic E-state index is 0.337. The Morgan fingerprint density at radius 1 is 1.42 bits per heavy atom. The van der Waals surface area contributed by atoms with Crippen molar-refractivity contribution in [3.8, 4) is 0 Å². The van der Waals surface area contributed by atoms with Crippen LogP contribution < -0.4 is 5.32 Å². The van der Waals surface area contributed by atoms with Crippen LogP contribution >= 0.6 is 0 Å². The average molecular weight is 292 g/mol. The van der Waals surface area contributed by atoms with E-state index in [9.17, 15) is 18.3 Å². The van der Waals surface area contributed by atoms with E-state index in [0.29, 0.717) is 13.0 Å². The molecule has 2 unspecified atom stereocenters. The first-order valence-corrected chi connectivity index (χ1v) is 8.37. The monoisotopic (exact) mass is 292 g/mol. The lowest BCUT2D eigenvalue weighted by Crippen LogP contribution is -2.58. The number of amides is 1. The second kappa shape index (κ2) is 5.76. The van der Waals surface area contributed by atoms with Crippen molar-refractivity contribution >= 4 is 15.9 Å². The van der Waals surface area contributed by atoms with E-state index in [2.05, 4.69) is 5.32 Å². The average Bonchev–Trinajstić information content (AvgIpc) is 2.27. The molecule has 1 saturated heterocycles. The first kappa shape index (κ1) is 16.4. The molecule has 1 heterocycles. The van der Waals surface area contributed by atoms with Gasteiger partial charge in [-0.15, -0.1) is 0 Å². The molecule has 1 aliphatic heterocycles. The number of aliphatic hydroxyl groups excluding tert-OH is 1. The molecule has 6 nitrogen and oxygen atoms in total. The number of piperidine rings is 1. The predicted molar refractivity (Wildman–Crippen MR) is 73.1 cm³/mol. The van der Waals surface area contributed by atoms with Crippen molar-refractivity contribution in [1.29, 1.82) is 0 Å². The van der Waals surface area contributed by atoms with Crippen molar-refractivity contribution in [2.24, 2.45) is 0 Å². The van der Waals surface area contributed by atoms with Crippen LogP contribution in [0.2, 0.25) is 0 Å². The van der Waals surface area contributed by atoms with Gasteiger partial charge in [-0.2, -0.15) is 4.31 Å². The fourth-order valence-corrected chi connectivity index (χ4v) is 3.19. The van der Waals surface area contributed by atoms with Crippen LogP contribution in [0.3, 0.4) is 0 Å². The summed E-state index contributed by atoms with van der Waals surface area (Å²) in [4.78, 5) is 12.2. The highest BCUT2D eigenvalue weighted by atomic mass is 32.2. The number of rotatable bonds is 4. The van der Waals surface area contributed by atoms with E-state index < -0.39 is 27.7 Å². The molecule has 1 amide bonds. The van der Waals surface area contributed by atoms with Crippen LogP contribution in [0.4, 0.5) is 0 Å². The van der Waals surface area contributed by atoms with Gasteiger partial charge in [-0.1, -0.05) is 6.42 Å². The summed E-state index contributed by atoms with van der Waals surface area (Å²) in [6.07, 6.45) is 2.54. The molecule has 0 radical (unpaired) electrons. The molecule has 19 heavy (non-hydrogen) atoms. The standard InChI is InChI=1S/C12H24N2O4S/c1-9(15)12(2,3)13-11(16)10-7-5-6-8-14(10)19(4,17)18/h9-10,15H,5-8H2,1-4H3,(H,13,16). The summed E-state index contributed by atoms with van der Waals surface area (Å²) in [7, 11) is -3.39. The van der Waals surface area contributed by atoms with Gasteiger partial charge in [-0.25, -0.2) is 8.42 Å². The Morgan fingerprint density at radius 3 is 2.47 bits per heavy atom. The number of nitrogens with zero attached hydrogens (tertiary/aromatic N) is 1. The van der Waals surface area contributed by atoms with Gasteiger partial charge in [0.2, 0.25) is 15.9 Å². The van der Waals surface area contributed by atoms with Gasteiger partial charge in [0, 0.05) is 6.54 Å². The minimum Gasteiger partial charge on any atom is -0.391 e. The molecule has 112 valence electrons. The fraction of sp³-hybridized carbons (Fsp3) is 0.917. The van der Waals surface area contributed by atoms with E-state index in [0.717, 1.165) is 19.1 Å². The maximum atomic E-state index is 12.2. The van der Waals surface area contributed by atoms with Crippen LogP contribution in [0.15, 0.2) is 0 Å². The molecule has 2 atom stereocenters. The van der Waals surface area contributed by atoms with Crippen LogP contribution in [0.1, 0.15) is 40.0 Å². The third-order valence-electron chi connectivity index (χ3n) is 3.67. The number of carbonyl (C=O) groups is 1. The molecule has 2 N–H and O–H groups in total. The van der Waals surface area contributed by atoms with E-state index >= 15 is 0 Å². The molecule has 0 aromatic carbocycles. The van der Waals surface area contributed by atoms with E-state index in [1.54, 1.807) is 20.8 Å². The SMILES string of the molecule is CC(O)C(C)(C)NC(=O)C1CCCCN1S(C)(=O)=O. The van der Waals surface area contributed by atoms with Crippen molar-refractivity contribution in [2.75, 3.05) is 12.8 Å². The third-order valence-corrected chi connectivity index (χ3v) is 4.96. The largest absolute Gasteiger partial charge is 0.391 e. The lowest BCUT2D eigenvalue weighted by molar-refractivity contribution is -0.128. The van der Waals surface area contributed by atoms with E-state index in [1.807, 2.05) is 0 Å². The molecule has 0 aromatic heterocycles. The zero-order chi connectivity index (χ0) is 14.8. The van der Waals surface area contributed by atoms with Crippen LogP contribution in [0.5, 0.6) is 0 Å². The second-order valence-corrected chi connectivity index (χ2v) is 7.71. The summed E-state index contributed by atoms with van der Waals surface area (Å²) in [5.74, 6) is -0.337. The number of hydrogen-bond donors (Lipinski definition) is 2. The molecule has 0 saturated carbocycles. The van der Waals surface area contributed by atoms with Gasteiger partial charge >= 0.3 is 0 Å². The Labute approximate surface area is 115 Å². The van der Waals surface area contributed by atoms with E-state index in [4.69, 9.17) is 0 Å². The summed E-state index contributed by atoms with van der Waals surface area (Å²) < 4.78 is 24.6. The van der Waals surface area contributed by atoms with Crippen molar-refractivity contribution in [2.45, 2.75) is 57.7 Å². The summed E-state index contributed by atoms with van der Waals surface area (Å²) in [5.41, 5.74) is -0.780. The number of carbonyl (C=O) groups excluding carboxylic acids is 1. The first-order chi connectivity index (χ1) is 8.55. The number of sulfonamides is 1. The van der Waals surface area contributed by atoms with Crippen molar-refractivity contribution in [3.05, 3.63) is 0 Å². The molecule has 1 fully saturated rings. The fourth-order valence-electron chi connectivity index (χ4n) is 2.07. The highest BCUT2D eigenvalue weighted by Gasteiger charge is 2.37. The highest BCUT2D eigenvalue weighted by molar-refractivity contribution is 7.88. The predicted octanol–water partition coefficient (Wildman–Crippen LogP) is 0.0761. The molecule has 1 aliphatic rings. The maximum absolute atomic E-state index is 12.2. The van der Waals surface area contributed by atoms with Gasteiger partial charge in [0.05, 0.1) is 17.9 Å². The minimum atomic E-state index is -3.39. The van der Waals surface area contributed by atoms with Gasteiger partial charge < -0.3 is 10.4 Å². The topological polar surface area (TPSA) is 86.7 Å². The summed E-state index contributed by atoms with van der Waals surface area (Å²) in [5, 5.41) is 12.3. The first-order valence-electron chi connectivity index (χ1n) is 6.52. The lowest BCUT2D eigenvalue weighted by atomic mass is 9.96. The van der Waals surface area contributed by atoms with E-state index in [1.165, 1.54) is 4.31 Å². The molecule has 0 spiro atoms. The van der Waals surface area contributed by atoms with Crippen LogP contribution in [-0.4, -0.2) is 54.2 Å². The normalized spacial score (nSPS) is 23.9. The van der Waals surface area contributed by atoms with Crippen molar-refractivity contribution in [1.82, 2.24) is 9.62 Å². The van der Waals surface area contributed by atoms with Gasteiger partial charge in [0.1, 0.15) is 6.04 Å². The zero-order valence-corrected chi connectivity index (χ0v) is 12.8.